The molecule has 0 aromatic heterocycles. The molecule has 0 spiro atoms. The molecule has 2 aliphatic rings. The molecule has 0 radical (unpaired) electrons. The predicted molar refractivity (Wildman–Crippen MR) is 57.4 cm³/mol. The summed E-state index contributed by atoms with van der Waals surface area (Å²) in [5, 5.41) is 3.19. The van der Waals surface area contributed by atoms with Gasteiger partial charge < -0.3 is 15.0 Å². The number of carbonyl (C=O) groups is 1. The number of amides is 1. The Bertz CT molecular complexity index is 304. The highest BCUT2D eigenvalue weighted by atomic mass is 16.6. The molecule has 84 valence electrons. The predicted octanol–water partition coefficient (Wildman–Crippen LogP) is 1.34. The zero-order valence-corrected chi connectivity index (χ0v) is 9.54. The number of hydrogen-bond donors (Lipinski definition) is 1. The summed E-state index contributed by atoms with van der Waals surface area (Å²) >= 11 is 0. The average Bonchev–Trinajstić information content (AvgIpc) is 2.56. The van der Waals surface area contributed by atoms with E-state index in [0.717, 1.165) is 13.1 Å². The van der Waals surface area contributed by atoms with Crippen molar-refractivity contribution in [2.24, 2.45) is 5.92 Å². The standard InChI is InChI=1S/C11H18N2O2/c1-11(2,3)15-10(14)13-6-8-4-12-5-9(8)7-13/h4,9,12H,5-7H2,1-3H3. The van der Waals surface area contributed by atoms with Gasteiger partial charge in [-0.15, -0.1) is 0 Å². The average molecular weight is 210 g/mol. The van der Waals surface area contributed by atoms with E-state index in [9.17, 15) is 4.79 Å². The fourth-order valence-corrected chi connectivity index (χ4v) is 1.95. The SMILES string of the molecule is CC(C)(C)OC(=O)N1CC2=CNCC2C1. The highest BCUT2D eigenvalue weighted by Crippen LogP contribution is 2.26. The van der Waals surface area contributed by atoms with Crippen LogP contribution in [-0.2, 0) is 4.74 Å². The summed E-state index contributed by atoms with van der Waals surface area (Å²) in [6.07, 6.45) is 1.83. The van der Waals surface area contributed by atoms with Crippen molar-refractivity contribution in [2.75, 3.05) is 19.6 Å². The van der Waals surface area contributed by atoms with Gasteiger partial charge in [-0.2, -0.15) is 0 Å². The third-order valence-corrected chi connectivity index (χ3v) is 2.64. The Morgan fingerprint density at radius 1 is 1.60 bits per heavy atom. The van der Waals surface area contributed by atoms with E-state index in [1.54, 1.807) is 4.90 Å². The van der Waals surface area contributed by atoms with Crippen molar-refractivity contribution in [3.8, 4) is 0 Å². The second-order valence-electron chi connectivity index (χ2n) is 5.19. The highest BCUT2D eigenvalue weighted by Gasteiger charge is 2.34. The Labute approximate surface area is 90.3 Å². The van der Waals surface area contributed by atoms with Crippen LogP contribution in [0.3, 0.4) is 0 Å². The molecule has 2 heterocycles. The van der Waals surface area contributed by atoms with E-state index < -0.39 is 5.60 Å². The lowest BCUT2D eigenvalue weighted by atomic mass is 10.1. The van der Waals surface area contributed by atoms with Gasteiger partial charge in [0.25, 0.3) is 0 Å². The van der Waals surface area contributed by atoms with Gasteiger partial charge in [-0.25, -0.2) is 4.79 Å². The summed E-state index contributed by atoms with van der Waals surface area (Å²) in [7, 11) is 0. The Morgan fingerprint density at radius 2 is 2.33 bits per heavy atom. The Balaban J connectivity index is 1.94. The summed E-state index contributed by atoms with van der Waals surface area (Å²) in [5.74, 6) is 0.498. The molecule has 2 aliphatic heterocycles. The molecule has 0 saturated carbocycles. The molecule has 0 aliphatic carbocycles. The van der Waals surface area contributed by atoms with E-state index in [0.29, 0.717) is 12.5 Å². The first kappa shape index (κ1) is 10.3. The molecule has 0 aromatic carbocycles. The largest absolute Gasteiger partial charge is 0.444 e. The normalized spacial score (nSPS) is 24.6. The summed E-state index contributed by atoms with van der Waals surface area (Å²) in [4.78, 5) is 13.5. The Kier molecular flexibility index (Phi) is 2.37. The molecule has 4 heteroatoms. The first-order chi connectivity index (χ1) is 6.96. The minimum absolute atomic E-state index is 0.196. The van der Waals surface area contributed by atoms with Gasteiger partial charge in [0.2, 0.25) is 0 Å². The summed E-state index contributed by atoms with van der Waals surface area (Å²) in [6, 6.07) is 0. The molecule has 0 aromatic rings. The first-order valence-electron chi connectivity index (χ1n) is 5.36. The summed E-state index contributed by atoms with van der Waals surface area (Å²) in [5.41, 5.74) is 0.919. The molecule has 4 nitrogen and oxygen atoms in total. The van der Waals surface area contributed by atoms with Crippen molar-refractivity contribution < 1.29 is 9.53 Å². The number of nitrogens with one attached hydrogen (secondary N) is 1. The third-order valence-electron chi connectivity index (χ3n) is 2.64. The molecule has 1 unspecified atom stereocenters. The van der Waals surface area contributed by atoms with Crippen molar-refractivity contribution in [2.45, 2.75) is 26.4 Å². The fourth-order valence-electron chi connectivity index (χ4n) is 1.95. The van der Waals surface area contributed by atoms with E-state index in [1.165, 1.54) is 5.57 Å². The lowest BCUT2D eigenvalue weighted by Crippen LogP contribution is -2.36. The molecule has 1 saturated heterocycles. The number of ether oxygens (including phenoxy) is 1. The van der Waals surface area contributed by atoms with Crippen molar-refractivity contribution in [3.63, 3.8) is 0 Å². The highest BCUT2D eigenvalue weighted by molar-refractivity contribution is 5.69. The quantitative estimate of drug-likeness (QED) is 0.656. The van der Waals surface area contributed by atoms with Gasteiger partial charge >= 0.3 is 6.09 Å². The van der Waals surface area contributed by atoms with Crippen molar-refractivity contribution in [1.82, 2.24) is 10.2 Å². The molecular weight excluding hydrogens is 192 g/mol. The molecule has 15 heavy (non-hydrogen) atoms. The minimum Gasteiger partial charge on any atom is -0.444 e. The van der Waals surface area contributed by atoms with E-state index in [2.05, 4.69) is 5.32 Å². The lowest BCUT2D eigenvalue weighted by molar-refractivity contribution is 0.0290. The van der Waals surface area contributed by atoms with Gasteiger partial charge in [-0.3, -0.25) is 0 Å². The maximum atomic E-state index is 11.7. The number of nitrogens with zero attached hydrogens (tertiary/aromatic N) is 1. The van der Waals surface area contributed by atoms with E-state index in [4.69, 9.17) is 4.74 Å². The van der Waals surface area contributed by atoms with E-state index in [1.807, 2.05) is 27.0 Å². The van der Waals surface area contributed by atoms with Crippen LogP contribution >= 0.6 is 0 Å². The second-order valence-corrected chi connectivity index (χ2v) is 5.19. The number of likely N-dealkylation sites (tertiary alicyclic amines) is 1. The van der Waals surface area contributed by atoms with Crippen LogP contribution in [0.15, 0.2) is 11.8 Å². The zero-order chi connectivity index (χ0) is 11.1. The van der Waals surface area contributed by atoms with Gasteiger partial charge in [0.1, 0.15) is 5.60 Å². The smallest absolute Gasteiger partial charge is 0.410 e. The monoisotopic (exact) mass is 210 g/mol. The van der Waals surface area contributed by atoms with Crippen LogP contribution in [0.1, 0.15) is 20.8 Å². The van der Waals surface area contributed by atoms with Crippen molar-refractivity contribution >= 4 is 6.09 Å². The number of hydrogen-bond acceptors (Lipinski definition) is 3. The Hall–Kier alpha value is -1.19. The van der Waals surface area contributed by atoms with Gasteiger partial charge in [-0.1, -0.05) is 0 Å². The maximum Gasteiger partial charge on any atom is 0.410 e. The summed E-state index contributed by atoms with van der Waals surface area (Å²) in [6.45, 7) is 8.13. The topological polar surface area (TPSA) is 41.6 Å². The molecule has 2 rings (SSSR count). The molecule has 0 bridgehead atoms. The van der Waals surface area contributed by atoms with Crippen LogP contribution < -0.4 is 5.32 Å². The number of rotatable bonds is 0. The van der Waals surface area contributed by atoms with Crippen LogP contribution in [0.5, 0.6) is 0 Å². The molecule has 1 N–H and O–H groups in total. The van der Waals surface area contributed by atoms with Crippen LogP contribution in [0.4, 0.5) is 4.79 Å². The fraction of sp³-hybridized carbons (Fsp3) is 0.727. The van der Waals surface area contributed by atoms with E-state index in [-0.39, 0.29) is 6.09 Å². The third kappa shape index (κ3) is 2.25. The van der Waals surface area contributed by atoms with Gasteiger partial charge in [0.05, 0.1) is 0 Å². The van der Waals surface area contributed by atoms with Crippen LogP contribution in [-0.4, -0.2) is 36.2 Å². The van der Waals surface area contributed by atoms with Crippen molar-refractivity contribution in [3.05, 3.63) is 11.8 Å². The minimum atomic E-state index is -0.401. The lowest BCUT2D eigenvalue weighted by Gasteiger charge is -2.24. The van der Waals surface area contributed by atoms with Crippen molar-refractivity contribution in [1.29, 1.82) is 0 Å². The molecular formula is C11H18N2O2. The Morgan fingerprint density at radius 3 is 2.93 bits per heavy atom. The van der Waals surface area contributed by atoms with E-state index >= 15 is 0 Å². The summed E-state index contributed by atoms with van der Waals surface area (Å²) < 4.78 is 5.33. The number of carbonyl (C=O) groups excluding carboxylic acids is 1. The zero-order valence-electron chi connectivity index (χ0n) is 9.54. The molecule has 1 atom stereocenters. The van der Waals surface area contributed by atoms with Gasteiger partial charge in [0.15, 0.2) is 0 Å². The first-order valence-corrected chi connectivity index (χ1v) is 5.36. The van der Waals surface area contributed by atoms with Gasteiger partial charge in [0, 0.05) is 25.6 Å². The maximum absolute atomic E-state index is 11.7. The van der Waals surface area contributed by atoms with Crippen LogP contribution in [0.2, 0.25) is 0 Å². The van der Waals surface area contributed by atoms with Crippen LogP contribution in [0, 0.1) is 5.92 Å². The molecule has 1 fully saturated rings. The molecule has 1 amide bonds. The second kappa shape index (κ2) is 3.43. The van der Waals surface area contributed by atoms with Gasteiger partial charge in [-0.05, 0) is 32.5 Å². The van der Waals surface area contributed by atoms with Crippen LogP contribution in [0.25, 0.3) is 0 Å². The number of fused-ring (bicyclic) bond motifs is 1.